The summed E-state index contributed by atoms with van der Waals surface area (Å²) in [5.74, 6) is 0. The molecule has 0 saturated carbocycles. The summed E-state index contributed by atoms with van der Waals surface area (Å²) in [5, 5.41) is 4.76. The minimum absolute atomic E-state index is 0.107. The Kier molecular flexibility index (Phi) is 6.65. The first kappa shape index (κ1) is 32.8. The van der Waals surface area contributed by atoms with Crippen molar-refractivity contribution >= 4 is 70.5 Å². The highest BCUT2D eigenvalue weighted by atomic mass is 32.1. The Balaban J connectivity index is 1.05. The zero-order valence-electron chi connectivity index (χ0n) is 32.4. The molecule has 3 heteroatoms. The van der Waals surface area contributed by atoms with Crippen LogP contribution in [0.4, 0.5) is 17.1 Å². The van der Waals surface area contributed by atoms with Crippen LogP contribution in [-0.4, -0.2) is 0 Å². The smallest absolute Gasteiger partial charge is 0.144 e. The van der Waals surface area contributed by atoms with Gasteiger partial charge in [-0.25, -0.2) is 0 Å². The van der Waals surface area contributed by atoms with Crippen LogP contribution in [0.2, 0.25) is 0 Å². The van der Waals surface area contributed by atoms with Gasteiger partial charge in [-0.3, -0.25) is 0 Å². The first-order valence-electron chi connectivity index (χ1n) is 19.9. The molecule has 8 aromatic carbocycles. The molecule has 2 aromatic heterocycles. The standard InChI is InChI=1S/C54H39NOS/c1-53(2)44-17-9-5-13-36(44)38-27-25-34(29-46(38)53)55(35-26-28-39-37-14-6-10-18-45(37)54(3,4)47(39)30-35)33-23-21-32(22-24-33)42-31-43-40-15-7-11-19-48(40)56-51(43)50-41-16-8-12-20-49(41)57-52(42)50/h5-31H,1-4H3. The highest BCUT2D eigenvalue weighted by Gasteiger charge is 2.37. The van der Waals surface area contributed by atoms with Gasteiger partial charge in [0, 0.05) is 64.4 Å². The van der Waals surface area contributed by atoms with E-state index >= 15 is 0 Å². The lowest BCUT2D eigenvalue weighted by atomic mass is 9.82. The molecule has 10 aromatic rings. The van der Waals surface area contributed by atoms with Crippen molar-refractivity contribution in [2.75, 3.05) is 4.90 Å². The molecule has 0 amide bonds. The molecule has 0 atom stereocenters. The van der Waals surface area contributed by atoms with Crippen molar-refractivity contribution in [1.82, 2.24) is 0 Å². The molecule has 12 rings (SSSR count). The van der Waals surface area contributed by atoms with E-state index in [0.717, 1.165) is 39.0 Å². The number of para-hydroxylation sites is 1. The highest BCUT2D eigenvalue weighted by molar-refractivity contribution is 7.26. The number of hydrogen-bond acceptors (Lipinski definition) is 3. The van der Waals surface area contributed by atoms with Gasteiger partial charge < -0.3 is 9.32 Å². The lowest BCUT2D eigenvalue weighted by Crippen LogP contribution is -2.18. The van der Waals surface area contributed by atoms with E-state index in [4.69, 9.17) is 4.42 Å². The number of furan rings is 1. The van der Waals surface area contributed by atoms with E-state index in [1.807, 2.05) is 11.3 Å². The highest BCUT2D eigenvalue weighted by Crippen LogP contribution is 2.53. The van der Waals surface area contributed by atoms with Crippen LogP contribution in [0.3, 0.4) is 0 Å². The molecule has 0 unspecified atom stereocenters. The Bertz CT molecular complexity index is 3200. The lowest BCUT2D eigenvalue weighted by molar-refractivity contribution is 0.660. The molecule has 2 aliphatic rings. The average Bonchev–Trinajstić information content (AvgIpc) is 3.94. The van der Waals surface area contributed by atoms with E-state index in [1.54, 1.807) is 0 Å². The molecule has 0 fully saturated rings. The van der Waals surface area contributed by atoms with E-state index < -0.39 is 0 Å². The molecular weight excluding hydrogens is 711 g/mol. The predicted octanol–water partition coefficient (Wildman–Crippen LogP) is 15.7. The van der Waals surface area contributed by atoms with Gasteiger partial charge in [0.1, 0.15) is 11.2 Å². The maximum atomic E-state index is 6.61. The van der Waals surface area contributed by atoms with Gasteiger partial charge >= 0.3 is 0 Å². The fourth-order valence-corrected chi connectivity index (χ4v) is 11.4. The Morgan fingerprint density at radius 2 is 0.965 bits per heavy atom. The first-order valence-corrected chi connectivity index (χ1v) is 20.7. The van der Waals surface area contributed by atoms with Crippen LogP contribution < -0.4 is 4.90 Å². The molecular formula is C54H39NOS. The minimum Gasteiger partial charge on any atom is -0.455 e. The van der Waals surface area contributed by atoms with Gasteiger partial charge in [0.05, 0.1) is 0 Å². The fraction of sp³-hybridized carbons (Fsp3) is 0.111. The molecule has 272 valence electrons. The first-order chi connectivity index (χ1) is 27.8. The van der Waals surface area contributed by atoms with Crippen LogP contribution in [0, 0.1) is 0 Å². The molecule has 2 heterocycles. The topological polar surface area (TPSA) is 16.4 Å². The number of anilines is 3. The van der Waals surface area contributed by atoms with Crippen molar-refractivity contribution < 1.29 is 4.42 Å². The van der Waals surface area contributed by atoms with Crippen LogP contribution in [-0.2, 0) is 10.8 Å². The number of rotatable bonds is 4. The quantitative estimate of drug-likeness (QED) is 0.178. The number of thiophene rings is 1. The van der Waals surface area contributed by atoms with Crippen molar-refractivity contribution in [1.29, 1.82) is 0 Å². The summed E-state index contributed by atoms with van der Waals surface area (Å²) in [7, 11) is 0. The fourth-order valence-electron chi connectivity index (χ4n) is 10.2. The predicted molar refractivity (Wildman–Crippen MR) is 242 cm³/mol. The van der Waals surface area contributed by atoms with Gasteiger partial charge in [0.2, 0.25) is 0 Å². The van der Waals surface area contributed by atoms with E-state index in [2.05, 4.69) is 196 Å². The molecule has 0 bridgehead atoms. The Morgan fingerprint density at radius 1 is 0.439 bits per heavy atom. The summed E-state index contributed by atoms with van der Waals surface area (Å²) >= 11 is 1.85. The zero-order valence-corrected chi connectivity index (χ0v) is 33.2. The van der Waals surface area contributed by atoms with Crippen LogP contribution >= 0.6 is 11.3 Å². The molecule has 2 aliphatic carbocycles. The normalized spacial score (nSPS) is 14.6. The molecule has 57 heavy (non-hydrogen) atoms. The summed E-state index contributed by atoms with van der Waals surface area (Å²) in [6.45, 7) is 9.46. The maximum absolute atomic E-state index is 6.61. The van der Waals surface area contributed by atoms with Gasteiger partial charge in [-0.1, -0.05) is 137 Å². The largest absolute Gasteiger partial charge is 0.455 e. The van der Waals surface area contributed by atoms with Crippen LogP contribution in [0.15, 0.2) is 168 Å². The van der Waals surface area contributed by atoms with Gasteiger partial charge in [-0.15, -0.1) is 11.3 Å². The van der Waals surface area contributed by atoms with Gasteiger partial charge in [-0.05, 0) is 105 Å². The molecule has 0 N–H and O–H groups in total. The SMILES string of the molecule is CC1(C)c2ccccc2-c2ccc(N(c3ccc(-c4cc5c6ccccc6oc5c5c4sc4ccccc45)cc3)c3ccc4c(c3)C(C)(C)c3ccccc3-4)cc21. The summed E-state index contributed by atoms with van der Waals surface area (Å²) in [5.41, 5.74) is 18.4. The summed E-state index contributed by atoms with van der Waals surface area (Å²) in [6.07, 6.45) is 0. The lowest BCUT2D eigenvalue weighted by Gasteiger charge is -2.30. The summed E-state index contributed by atoms with van der Waals surface area (Å²) < 4.78 is 9.13. The van der Waals surface area contributed by atoms with Crippen LogP contribution in [0.5, 0.6) is 0 Å². The average molecular weight is 750 g/mol. The van der Waals surface area contributed by atoms with Crippen LogP contribution in [0.25, 0.3) is 75.5 Å². The van der Waals surface area contributed by atoms with Crippen LogP contribution in [0.1, 0.15) is 49.9 Å². The Labute approximate surface area is 336 Å². The summed E-state index contributed by atoms with van der Waals surface area (Å²) in [4.78, 5) is 2.46. The van der Waals surface area contributed by atoms with E-state index in [0.29, 0.717) is 0 Å². The number of benzene rings is 8. The van der Waals surface area contributed by atoms with E-state index in [9.17, 15) is 0 Å². The third kappa shape index (κ3) is 4.52. The number of nitrogens with zero attached hydrogens (tertiary/aromatic N) is 1. The monoisotopic (exact) mass is 749 g/mol. The number of hydrogen-bond donors (Lipinski definition) is 0. The molecule has 2 nitrogen and oxygen atoms in total. The van der Waals surface area contributed by atoms with Gasteiger partial charge in [0.25, 0.3) is 0 Å². The van der Waals surface area contributed by atoms with E-state index in [1.165, 1.54) is 75.8 Å². The second kappa shape index (κ2) is 11.6. The Hall–Kier alpha value is -6.42. The minimum atomic E-state index is -0.107. The van der Waals surface area contributed by atoms with E-state index in [-0.39, 0.29) is 10.8 Å². The third-order valence-corrected chi connectivity index (χ3v) is 14.3. The molecule has 0 saturated heterocycles. The van der Waals surface area contributed by atoms with Crippen molar-refractivity contribution in [3.8, 4) is 33.4 Å². The summed E-state index contributed by atoms with van der Waals surface area (Å²) in [6, 6.07) is 60.8. The van der Waals surface area contributed by atoms with Crippen molar-refractivity contribution in [3.05, 3.63) is 186 Å². The number of fused-ring (bicyclic) bond motifs is 13. The maximum Gasteiger partial charge on any atom is 0.144 e. The van der Waals surface area contributed by atoms with Crippen molar-refractivity contribution in [3.63, 3.8) is 0 Å². The van der Waals surface area contributed by atoms with Crippen molar-refractivity contribution in [2.45, 2.75) is 38.5 Å². The molecule has 0 spiro atoms. The second-order valence-electron chi connectivity index (χ2n) is 16.9. The Morgan fingerprint density at radius 3 is 1.61 bits per heavy atom. The molecule has 0 aliphatic heterocycles. The van der Waals surface area contributed by atoms with Gasteiger partial charge in [-0.2, -0.15) is 0 Å². The third-order valence-electron chi connectivity index (χ3n) is 13.1. The second-order valence-corrected chi connectivity index (χ2v) is 17.9. The zero-order chi connectivity index (χ0) is 38.2. The molecule has 0 radical (unpaired) electrons. The van der Waals surface area contributed by atoms with Crippen molar-refractivity contribution in [2.24, 2.45) is 0 Å². The van der Waals surface area contributed by atoms with Gasteiger partial charge in [0.15, 0.2) is 0 Å².